The Morgan fingerprint density at radius 1 is 1.18 bits per heavy atom. The molecule has 8 nitrogen and oxygen atoms in total. The molecule has 0 aliphatic carbocycles. The van der Waals surface area contributed by atoms with Crippen molar-refractivity contribution in [3.05, 3.63) is 64.7 Å². The zero-order chi connectivity index (χ0) is 28.7. The number of piperidine rings is 1. The molecule has 1 spiro atoms. The Hall–Kier alpha value is -3.57. The highest BCUT2D eigenvalue weighted by Crippen LogP contribution is 2.41. The molecule has 40 heavy (non-hydrogen) atoms. The van der Waals surface area contributed by atoms with Gasteiger partial charge in [-0.25, -0.2) is 0 Å². The second kappa shape index (κ2) is 10.8. The van der Waals surface area contributed by atoms with Crippen molar-refractivity contribution in [1.82, 2.24) is 15.3 Å². The van der Waals surface area contributed by atoms with Gasteiger partial charge in [-0.3, -0.25) is 4.79 Å². The molecule has 2 aromatic carbocycles. The molecule has 2 fully saturated rings. The lowest BCUT2D eigenvalue weighted by Crippen LogP contribution is -2.41. The number of ether oxygens (including phenoxy) is 1. The summed E-state index contributed by atoms with van der Waals surface area (Å²) in [6.45, 7) is 3.60. The number of anilines is 2. The first-order valence-electron chi connectivity index (χ1n) is 12.9. The molecule has 2 saturated heterocycles. The molecule has 2 aliphatic heterocycles. The van der Waals surface area contributed by atoms with Crippen LogP contribution in [0.5, 0.6) is 5.88 Å². The number of aryl methyl sites for hydroxylation is 1. The lowest BCUT2D eigenvalue weighted by Gasteiger charge is -2.39. The number of hydrogen-bond acceptors (Lipinski definition) is 7. The van der Waals surface area contributed by atoms with Crippen molar-refractivity contribution < 1.29 is 27.8 Å². The van der Waals surface area contributed by atoms with Crippen LogP contribution in [0.15, 0.2) is 48.5 Å². The molecule has 212 valence electrons. The molecule has 0 saturated carbocycles. The Labute approximate surface area is 234 Å². The van der Waals surface area contributed by atoms with E-state index in [1.165, 1.54) is 18.2 Å². The second-order valence-corrected chi connectivity index (χ2v) is 10.9. The van der Waals surface area contributed by atoms with Crippen molar-refractivity contribution in [2.45, 2.75) is 44.5 Å². The van der Waals surface area contributed by atoms with Crippen molar-refractivity contribution in [2.75, 3.05) is 30.3 Å². The first-order chi connectivity index (χ1) is 18.9. The molecular weight excluding hydrogens is 547 g/mol. The van der Waals surface area contributed by atoms with Crippen molar-refractivity contribution in [3.63, 3.8) is 0 Å². The number of nitrogens with zero attached hydrogens (tertiary/aromatic N) is 3. The second-order valence-electron chi connectivity index (χ2n) is 10.5. The van der Waals surface area contributed by atoms with Gasteiger partial charge in [0.1, 0.15) is 11.9 Å². The molecule has 4 N–H and O–H groups in total. The summed E-state index contributed by atoms with van der Waals surface area (Å²) in [5.74, 6) is -0.974. The van der Waals surface area contributed by atoms with Crippen molar-refractivity contribution in [2.24, 2.45) is 5.41 Å². The highest BCUT2D eigenvalue weighted by molar-refractivity contribution is 6.30. The molecule has 3 heterocycles. The van der Waals surface area contributed by atoms with Crippen LogP contribution < -0.4 is 20.7 Å². The number of benzene rings is 2. The average molecular weight is 576 g/mol. The predicted molar refractivity (Wildman–Crippen MR) is 145 cm³/mol. The summed E-state index contributed by atoms with van der Waals surface area (Å²) in [7, 11) is 0. The Morgan fingerprint density at radius 3 is 2.48 bits per heavy atom. The van der Waals surface area contributed by atoms with E-state index >= 15 is 0 Å². The lowest BCUT2D eigenvalue weighted by atomic mass is 9.76. The molecule has 1 aromatic heterocycles. The summed E-state index contributed by atoms with van der Waals surface area (Å²) >= 11 is 6.03. The monoisotopic (exact) mass is 575 g/mol. The number of carbonyl (C=O) groups is 1. The van der Waals surface area contributed by atoms with Crippen LogP contribution in [0.25, 0.3) is 11.1 Å². The van der Waals surface area contributed by atoms with E-state index in [4.69, 9.17) is 22.1 Å². The van der Waals surface area contributed by atoms with Crippen LogP contribution in [-0.2, 0) is 4.79 Å². The zero-order valence-corrected chi connectivity index (χ0v) is 22.5. The number of aliphatic carboxylic acids is 1. The molecule has 12 heteroatoms. The van der Waals surface area contributed by atoms with Crippen LogP contribution in [0.2, 0.25) is 5.02 Å². The Balaban J connectivity index is 1.33. The van der Waals surface area contributed by atoms with Crippen LogP contribution >= 0.6 is 11.6 Å². The van der Waals surface area contributed by atoms with E-state index < -0.39 is 24.3 Å². The van der Waals surface area contributed by atoms with Gasteiger partial charge < -0.3 is 25.8 Å². The van der Waals surface area contributed by atoms with E-state index in [1.54, 1.807) is 24.3 Å². The Bertz CT molecular complexity index is 1390. The van der Waals surface area contributed by atoms with Gasteiger partial charge in [0.05, 0.1) is 0 Å². The van der Waals surface area contributed by atoms with Gasteiger partial charge in [0, 0.05) is 36.3 Å². The van der Waals surface area contributed by atoms with E-state index in [0.717, 1.165) is 16.7 Å². The van der Waals surface area contributed by atoms with Gasteiger partial charge in [-0.05, 0) is 60.4 Å². The van der Waals surface area contributed by atoms with Gasteiger partial charge in [0.2, 0.25) is 17.9 Å². The maximum absolute atomic E-state index is 14.2. The minimum atomic E-state index is -4.72. The summed E-state index contributed by atoms with van der Waals surface area (Å²) in [6, 6.07) is 12.2. The minimum Gasteiger partial charge on any atom is -0.480 e. The van der Waals surface area contributed by atoms with Gasteiger partial charge in [-0.2, -0.15) is 23.1 Å². The van der Waals surface area contributed by atoms with Crippen LogP contribution in [0.3, 0.4) is 0 Å². The number of nitrogens with two attached hydrogens (primary N) is 1. The third-order valence-electron chi connectivity index (χ3n) is 7.76. The number of carboxylic acids is 1. The molecule has 3 aromatic rings. The smallest absolute Gasteiger partial charge is 0.429 e. The number of nitrogen functional groups attached to an aromatic ring is 1. The molecule has 2 aliphatic rings. The number of rotatable bonds is 6. The summed E-state index contributed by atoms with van der Waals surface area (Å²) in [6.07, 6.45) is -5.01. The first-order valence-corrected chi connectivity index (χ1v) is 13.3. The number of carboxylic acid groups (broad SMARTS) is 1. The van der Waals surface area contributed by atoms with Crippen molar-refractivity contribution in [3.8, 4) is 17.0 Å². The largest absolute Gasteiger partial charge is 0.480 e. The van der Waals surface area contributed by atoms with Crippen LogP contribution in [0.4, 0.5) is 24.9 Å². The van der Waals surface area contributed by atoms with Crippen LogP contribution in [0, 0.1) is 12.3 Å². The lowest BCUT2D eigenvalue weighted by molar-refractivity contribution is -0.198. The molecule has 0 amide bonds. The van der Waals surface area contributed by atoms with E-state index in [0.29, 0.717) is 49.7 Å². The van der Waals surface area contributed by atoms with Gasteiger partial charge in [0.15, 0.2) is 0 Å². The topological polar surface area (TPSA) is 114 Å². The van der Waals surface area contributed by atoms with E-state index in [9.17, 15) is 23.1 Å². The van der Waals surface area contributed by atoms with Gasteiger partial charge >= 0.3 is 12.1 Å². The molecule has 0 radical (unpaired) electrons. The van der Waals surface area contributed by atoms with Gasteiger partial charge in [0.25, 0.3) is 0 Å². The first kappa shape index (κ1) is 28.0. The maximum Gasteiger partial charge on any atom is 0.429 e. The quantitative estimate of drug-likeness (QED) is 0.358. The number of aromatic nitrogens is 2. The molecule has 2 atom stereocenters. The number of alkyl halides is 3. The number of nitrogens with one attached hydrogen (secondary N) is 1. The van der Waals surface area contributed by atoms with E-state index in [2.05, 4.69) is 15.3 Å². The number of halogens is 4. The Kier molecular flexibility index (Phi) is 7.54. The fourth-order valence-electron chi connectivity index (χ4n) is 5.57. The van der Waals surface area contributed by atoms with Crippen molar-refractivity contribution >= 4 is 29.3 Å². The van der Waals surface area contributed by atoms with Gasteiger partial charge in [-0.15, -0.1) is 0 Å². The van der Waals surface area contributed by atoms with Crippen molar-refractivity contribution in [1.29, 1.82) is 0 Å². The standard InChI is InChI=1S/C28H29ClF3N5O3/c1-16-12-19(29)6-7-20(16)17-2-4-18(5-3-17)24(28(30,31)32)40-23-13-22(35-26(33)36-23)37-10-8-27(9-11-37)14-21(25(38)39)34-15-27/h2-7,12-13,21,24,34H,8-11,14-15H2,1H3,(H,38,39)(H2,33,35,36)/t21-,24+/m0/s1. The summed E-state index contributed by atoms with van der Waals surface area (Å²) < 4.78 is 47.9. The highest BCUT2D eigenvalue weighted by atomic mass is 35.5. The summed E-state index contributed by atoms with van der Waals surface area (Å²) in [4.78, 5) is 21.4. The predicted octanol–water partition coefficient (Wildman–Crippen LogP) is 5.40. The van der Waals surface area contributed by atoms with Crippen LogP contribution in [0.1, 0.15) is 36.5 Å². The fourth-order valence-corrected chi connectivity index (χ4v) is 5.80. The summed E-state index contributed by atoms with van der Waals surface area (Å²) in [5, 5.41) is 13.0. The molecule has 0 unspecified atom stereocenters. The van der Waals surface area contributed by atoms with Gasteiger partial charge in [-0.1, -0.05) is 41.9 Å². The highest BCUT2D eigenvalue weighted by Gasteiger charge is 2.45. The zero-order valence-electron chi connectivity index (χ0n) is 21.7. The average Bonchev–Trinajstić information content (AvgIpc) is 3.31. The third-order valence-corrected chi connectivity index (χ3v) is 8.00. The molecule has 5 rings (SSSR count). The minimum absolute atomic E-state index is 0.0803. The maximum atomic E-state index is 14.2. The normalized spacial score (nSPS) is 19.5. The van der Waals surface area contributed by atoms with Crippen LogP contribution in [-0.4, -0.2) is 52.9 Å². The van der Waals surface area contributed by atoms with E-state index in [-0.39, 0.29) is 22.8 Å². The molecular formula is C28H29ClF3N5O3. The Morgan fingerprint density at radius 2 is 1.88 bits per heavy atom. The fraction of sp³-hybridized carbons (Fsp3) is 0.393. The van der Waals surface area contributed by atoms with E-state index in [1.807, 2.05) is 17.9 Å². The summed E-state index contributed by atoms with van der Waals surface area (Å²) in [5.41, 5.74) is 8.18. The number of hydrogen-bond donors (Lipinski definition) is 3. The molecule has 0 bridgehead atoms. The third kappa shape index (κ3) is 5.95. The SMILES string of the molecule is Cc1cc(Cl)ccc1-c1ccc([C@@H](Oc2cc(N3CCC4(CC3)CN[C@H](C(=O)O)C4)nc(N)n2)C(F)(F)F)cc1.